The van der Waals surface area contributed by atoms with Crippen LogP contribution in [0.1, 0.15) is 25.9 Å². The maximum absolute atomic E-state index is 12.6. The summed E-state index contributed by atoms with van der Waals surface area (Å²) < 4.78 is 5.31. The van der Waals surface area contributed by atoms with Crippen molar-refractivity contribution in [2.24, 2.45) is 0 Å². The first-order valence-electron chi connectivity index (χ1n) is 9.63. The minimum atomic E-state index is -0.0522. The second-order valence-corrected chi connectivity index (χ2v) is 8.01. The van der Waals surface area contributed by atoms with Gasteiger partial charge in [0, 0.05) is 50.4 Å². The van der Waals surface area contributed by atoms with E-state index < -0.39 is 0 Å². The molecule has 0 bridgehead atoms. The first-order valence-corrected chi connectivity index (χ1v) is 10.4. The Kier molecular flexibility index (Phi) is 5.87. The molecule has 0 atom stereocenters. The second kappa shape index (κ2) is 8.70. The van der Waals surface area contributed by atoms with Gasteiger partial charge in [0.15, 0.2) is 5.01 Å². The van der Waals surface area contributed by atoms with Crippen molar-refractivity contribution in [1.82, 2.24) is 20.1 Å². The number of ether oxygens (including phenoxy) is 1. The molecular formula is C20H24N4O3S. The summed E-state index contributed by atoms with van der Waals surface area (Å²) in [5, 5.41) is 3.55. The predicted molar refractivity (Wildman–Crippen MR) is 106 cm³/mol. The molecule has 4 rings (SSSR count). The number of thiazole rings is 1. The molecule has 0 saturated carbocycles. The van der Waals surface area contributed by atoms with Gasteiger partial charge < -0.3 is 19.9 Å². The highest BCUT2D eigenvalue weighted by Crippen LogP contribution is 2.24. The Morgan fingerprint density at radius 3 is 2.57 bits per heavy atom. The molecule has 8 heteroatoms. The largest absolute Gasteiger partial charge is 0.378 e. The van der Waals surface area contributed by atoms with Gasteiger partial charge in [-0.15, -0.1) is 11.3 Å². The monoisotopic (exact) mass is 400 g/mol. The van der Waals surface area contributed by atoms with Crippen LogP contribution in [0.25, 0.3) is 0 Å². The maximum atomic E-state index is 12.6. The molecule has 148 valence electrons. The second-order valence-electron chi connectivity index (χ2n) is 6.92. The summed E-state index contributed by atoms with van der Waals surface area (Å²) >= 11 is 1.47. The first-order chi connectivity index (χ1) is 13.7. The Hall–Kier alpha value is -2.45. The lowest BCUT2D eigenvalue weighted by Gasteiger charge is -2.25. The number of benzene rings is 1. The van der Waals surface area contributed by atoms with Gasteiger partial charge in [-0.1, -0.05) is 30.3 Å². The van der Waals surface area contributed by atoms with Gasteiger partial charge in [0.2, 0.25) is 0 Å². The summed E-state index contributed by atoms with van der Waals surface area (Å²) in [6, 6.07) is 9.83. The number of amides is 3. The van der Waals surface area contributed by atoms with Crippen LogP contribution in [0.2, 0.25) is 0 Å². The highest BCUT2D eigenvalue weighted by Gasteiger charge is 2.26. The van der Waals surface area contributed by atoms with Crippen molar-refractivity contribution in [3.8, 4) is 0 Å². The standard InChI is InChI=1S/C20H24N4O3S/c25-19(23-10-12-27-13-11-23)18-22-16-6-8-24(9-7-17(16)28-18)20(26)21-14-15-4-2-1-3-5-15/h1-5H,6-14H2,(H,21,26). The van der Waals surface area contributed by atoms with E-state index in [0.29, 0.717) is 57.4 Å². The number of carbonyl (C=O) groups is 2. The van der Waals surface area contributed by atoms with Gasteiger partial charge >= 0.3 is 6.03 Å². The van der Waals surface area contributed by atoms with Crippen LogP contribution in [-0.4, -0.2) is 66.1 Å². The van der Waals surface area contributed by atoms with Crippen molar-refractivity contribution in [2.75, 3.05) is 39.4 Å². The van der Waals surface area contributed by atoms with E-state index in [9.17, 15) is 9.59 Å². The highest BCUT2D eigenvalue weighted by atomic mass is 32.1. The normalized spacial score (nSPS) is 17.0. The van der Waals surface area contributed by atoms with Gasteiger partial charge in [0.05, 0.1) is 18.9 Å². The number of nitrogens with zero attached hydrogens (tertiary/aromatic N) is 3. The van der Waals surface area contributed by atoms with Crippen LogP contribution < -0.4 is 5.32 Å². The zero-order chi connectivity index (χ0) is 19.3. The number of rotatable bonds is 3. The lowest BCUT2D eigenvalue weighted by atomic mass is 10.2. The van der Waals surface area contributed by atoms with Crippen LogP contribution in [0, 0.1) is 0 Å². The fourth-order valence-electron chi connectivity index (χ4n) is 3.44. The number of urea groups is 1. The minimum Gasteiger partial charge on any atom is -0.378 e. The van der Waals surface area contributed by atoms with Gasteiger partial charge in [-0.3, -0.25) is 4.79 Å². The fraction of sp³-hybridized carbons (Fsp3) is 0.450. The number of hydrogen-bond acceptors (Lipinski definition) is 5. The zero-order valence-corrected chi connectivity index (χ0v) is 16.5. The molecule has 0 unspecified atom stereocenters. The van der Waals surface area contributed by atoms with Crippen molar-refractivity contribution in [2.45, 2.75) is 19.4 Å². The third kappa shape index (κ3) is 4.34. The molecule has 3 heterocycles. The lowest BCUT2D eigenvalue weighted by Crippen LogP contribution is -2.41. The summed E-state index contributed by atoms with van der Waals surface area (Å²) in [5.74, 6) is -0.00108. The van der Waals surface area contributed by atoms with E-state index in [0.717, 1.165) is 22.6 Å². The maximum Gasteiger partial charge on any atom is 0.317 e. The van der Waals surface area contributed by atoms with Crippen molar-refractivity contribution in [3.05, 3.63) is 51.5 Å². The number of hydrogen-bond donors (Lipinski definition) is 1. The summed E-state index contributed by atoms with van der Waals surface area (Å²) in [7, 11) is 0. The van der Waals surface area contributed by atoms with E-state index in [1.54, 1.807) is 0 Å². The van der Waals surface area contributed by atoms with Crippen molar-refractivity contribution in [3.63, 3.8) is 0 Å². The quantitative estimate of drug-likeness (QED) is 0.854. The van der Waals surface area contributed by atoms with Gasteiger partial charge in [-0.25, -0.2) is 9.78 Å². The molecule has 1 aromatic heterocycles. The number of aromatic nitrogens is 1. The number of carbonyl (C=O) groups excluding carboxylic acids is 2. The summed E-state index contributed by atoms with van der Waals surface area (Å²) in [4.78, 5) is 34.5. The van der Waals surface area contributed by atoms with Crippen molar-refractivity contribution < 1.29 is 14.3 Å². The van der Waals surface area contributed by atoms with Crippen LogP contribution in [0.5, 0.6) is 0 Å². The average molecular weight is 401 g/mol. The van der Waals surface area contributed by atoms with E-state index in [2.05, 4.69) is 10.3 Å². The number of fused-ring (bicyclic) bond motifs is 1. The molecule has 28 heavy (non-hydrogen) atoms. The molecule has 1 fully saturated rings. The Labute approximate surface area is 168 Å². The SMILES string of the molecule is O=C(NCc1ccccc1)N1CCc2nc(C(=O)N3CCOCC3)sc2CC1. The van der Waals surface area contributed by atoms with E-state index in [1.165, 1.54) is 11.3 Å². The summed E-state index contributed by atoms with van der Waals surface area (Å²) in [5.41, 5.74) is 2.04. The molecule has 0 spiro atoms. The van der Waals surface area contributed by atoms with E-state index in [1.807, 2.05) is 40.1 Å². The number of nitrogens with one attached hydrogen (secondary N) is 1. The lowest BCUT2D eigenvalue weighted by molar-refractivity contribution is 0.0302. The molecule has 0 aliphatic carbocycles. The van der Waals surface area contributed by atoms with E-state index in [-0.39, 0.29) is 11.9 Å². The molecular weight excluding hydrogens is 376 g/mol. The Morgan fingerprint density at radius 1 is 1.04 bits per heavy atom. The van der Waals surface area contributed by atoms with Gasteiger partial charge in [0.1, 0.15) is 0 Å². The molecule has 1 aromatic carbocycles. The molecule has 0 radical (unpaired) electrons. The van der Waals surface area contributed by atoms with Crippen molar-refractivity contribution in [1.29, 1.82) is 0 Å². The average Bonchev–Trinajstić information content (AvgIpc) is 3.05. The first kappa shape index (κ1) is 18.9. The van der Waals surface area contributed by atoms with E-state index >= 15 is 0 Å². The van der Waals surface area contributed by atoms with Gasteiger partial charge in [-0.2, -0.15) is 0 Å². The van der Waals surface area contributed by atoms with Gasteiger partial charge in [0.25, 0.3) is 5.91 Å². The topological polar surface area (TPSA) is 74.8 Å². The molecule has 1 N–H and O–H groups in total. The molecule has 2 aliphatic rings. The van der Waals surface area contributed by atoms with E-state index in [4.69, 9.17) is 4.74 Å². The zero-order valence-electron chi connectivity index (χ0n) is 15.7. The van der Waals surface area contributed by atoms with Crippen LogP contribution in [0.3, 0.4) is 0 Å². The Bertz CT molecular complexity index is 808. The molecule has 2 aromatic rings. The Morgan fingerprint density at radius 2 is 1.79 bits per heavy atom. The molecule has 1 saturated heterocycles. The molecule has 7 nitrogen and oxygen atoms in total. The third-order valence-corrected chi connectivity index (χ3v) is 6.21. The smallest absolute Gasteiger partial charge is 0.317 e. The summed E-state index contributed by atoms with van der Waals surface area (Å²) in [6.45, 7) is 4.20. The third-order valence-electron chi connectivity index (χ3n) is 5.06. The molecule has 2 aliphatic heterocycles. The van der Waals surface area contributed by atoms with Crippen molar-refractivity contribution >= 4 is 23.3 Å². The van der Waals surface area contributed by atoms with Crippen LogP contribution in [0.15, 0.2) is 30.3 Å². The Balaban J connectivity index is 1.33. The van der Waals surface area contributed by atoms with Crippen LogP contribution >= 0.6 is 11.3 Å². The minimum absolute atomic E-state index is 0.00108. The van der Waals surface area contributed by atoms with Gasteiger partial charge in [-0.05, 0) is 5.56 Å². The highest BCUT2D eigenvalue weighted by molar-refractivity contribution is 7.13. The van der Waals surface area contributed by atoms with Crippen LogP contribution in [0.4, 0.5) is 4.79 Å². The van der Waals surface area contributed by atoms with Crippen LogP contribution in [-0.2, 0) is 24.1 Å². The molecule has 3 amide bonds. The number of morpholine rings is 1. The predicted octanol–water partition coefficient (Wildman–Crippen LogP) is 1.93. The summed E-state index contributed by atoms with van der Waals surface area (Å²) in [6.07, 6.45) is 1.42. The fourth-order valence-corrected chi connectivity index (χ4v) is 4.51.